The van der Waals surface area contributed by atoms with Crippen molar-refractivity contribution in [1.29, 1.82) is 0 Å². The highest BCUT2D eigenvalue weighted by Crippen LogP contribution is 2.12. The average Bonchev–Trinajstić information content (AvgIpc) is 2.81. The molecule has 4 nitrogen and oxygen atoms in total. The van der Waals surface area contributed by atoms with Gasteiger partial charge in [0.15, 0.2) is 5.78 Å². The van der Waals surface area contributed by atoms with Crippen LogP contribution in [0, 0.1) is 0 Å². The van der Waals surface area contributed by atoms with Crippen molar-refractivity contribution in [3.63, 3.8) is 0 Å². The summed E-state index contributed by atoms with van der Waals surface area (Å²) in [5, 5.41) is 4.72. The van der Waals surface area contributed by atoms with E-state index in [-0.39, 0.29) is 11.7 Å². The maximum atomic E-state index is 11.7. The van der Waals surface area contributed by atoms with Gasteiger partial charge < -0.3 is 10.2 Å². The number of carbonyl (C=O) groups is 2. The fourth-order valence-corrected chi connectivity index (χ4v) is 2.17. The number of rotatable bonds is 8. The lowest BCUT2D eigenvalue weighted by atomic mass is 10.1. The molecule has 1 amide bonds. The Morgan fingerprint density at radius 3 is 2.72 bits per heavy atom. The molecule has 0 saturated carbocycles. The van der Waals surface area contributed by atoms with Crippen molar-refractivity contribution in [2.24, 2.45) is 0 Å². The van der Waals surface area contributed by atoms with E-state index in [9.17, 15) is 9.59 Å². The second kappa shape index (κ2) is 8.00. The number of likely N-dealkylation sites (N-methyl/N-ethyl adjacent to an activating group) is 1. The summed E-state index contributed by atoms with van der Waals surface area (Å²) in [5.74, 6) is 0.155. The lowest BCUT2D eigenvalue weighted by Crippen LogP contribution is -2.31. The molecule has 0 atom stereocenters. The fraction of sp³-hybridized carbons (Fsp3) is 0.538. The van der Waals surface area contributed by atoms with E-state index in [0.717, 1.165) is 11.4 Å². The zero-order valence-corrected chi connectivity index (χ0v) is 11.8. The molecular weight excluding hydrogens is 248 g/mol. The van der Waals surface area contributed by atoms with Gasteiger partial charge in [-0.15, -0.1) is 11.3 Å². The van der Waals surface area contributed by atoms with Crippen LogP contribution in [0.4, 0.5) is 0 Å². The normalized spacial score (nSPS) is 10.6. The molecule has 1 aromatic heterocycles. The van der Waals surface area contributed by atoms with E-state index in [4.69, 9.17) is 0 Å². The molecule has 0 bridgehead atoms. The van der Waals surface area contributed by atoms with Gasteiger partial charge in [0.05, 0.1) is 4.88 Å². The molecule has 0 radical (unpaired) electrons. The molecule has 5 heteroatoms. The summed E-state index contributed by atoms with van der Waals surface area (Å²) in [7, 11) is 3.93. The van der Waals surface area contributed by atoms with Gasteiger partial charge in [0.2, 0.25) is 5.91 Å². The number of amides is 1. The molecule has 0 aliphatic carbocycles. The number of nitrogens with zero attached hydrogens (tertiary/aromatic N) is 1. The smallest absolute Gasteiger partial charge is 0.220 e. The van der Waals surface area contributed by atoms with Gasteiger partial charge in [-0.3, -0.25) is 9.59 Å². The number of carbonyl (C=O) groups excluding carboxylic acids is 2. The van der Waals surface area contributed by atoms with E-state index < -0.39 is 0 Å². The van der Waals surface area contributed by atoms with Crippen LogP contribution in [0.1, 0.15) is 28.9 Å². The SMILES string of the molecule is CN(C)CCNC(=O)CCCC(=O)c1cccs1. The second-order valence-electron chi connectivity index (χ2n) is 4.41. The maximum Gasteiger partial charge on any atom is 0.220 e. The first-order valence-electron chi connectivity index (χ1n) is 6.07. The van der Waals surface area contributed by atoms with Gasteiger partial charge in [0.25, 0.3) is 0 Å². The van der Waals surface area contributed by atoms with Crippen LogP contribution in [0.3, 0.4) is 0 Å². The number of hydrogen-bond donors (Lipinski definition) is 1. The van der Waals surface area contributed by atoms with Crippen LogP contribution in [0.15, 0.2) is 17.5 Å². The summed E-state index contributed by atoms with van der Waals surface area (Å²) in [6.45, 7) is 1.49. The summed E-state index contributed by atoms with van der Waals surface area (Å²) in [4.78, 5) is 25.9. The molecule has 1 aromatic rings. The Bertz CT molecular complexity index is 374. The first kappa shape index (κ1) is 14.9. The summed E-state index contributed by atoms with van der Waals surface area (Å²) >= 11 is 1.45. The number of hydrogen-bond acceptors (Lipinski definition) is 4. The van der Waals surface area contributed by atoms with Crippen LogP contribution in [0.25, 0.3) is 0 Å². The standard InChI is InChI=1S/C13H20N2O2S/c1-15(2)9-8-14-13(17)7-3-5-11(16)12-6-4-10-18-12/h4,6,10H,3,5,7-9H2,1-2H3,(H,14,17). The monoisotopic (exact) mass is 268 g/mol. The maximum absolute atomic E-state index is 11.7. The van der Waals surface area contributed by atoms with Crippen molar-refractivity contribution in [2.75, 3.05) is 27.2 Å². The van der Waals surface area contributed by atoms with Crippen LogP contribution < -0.4 is 5.32 Å². The zero-order chi connectivity index (χ0) is 13.4. The van der Waals surface area contributed by atoms with Gasteiger partial charge >= 0.3 is 0 Å². The van der Waals surface area contributed by atoms with Crippen LogP contribution in [0.2, 0.25) is 0 Å². The van der Waals surface area contributed by atoms with Crippen molar-refractivity contribution in [3.05, 3.63) is 22.4 Å². The Morgan fingerprint density at radius 1 is 1.33 bits per heavy atom. The van der Waals surface area contributed by atoms with Gasteiger partial charge in [0.1, 0.15) is 0 Å². The van der Waals surface area contributed by atoms with Gasteiger partial charge in [-0.2, -0.15) is 0 Å². The van der Waals surface area contributed by atoms with Crippen LogP contribution in [-0.4, -0.2) is 43.8 Å². The summed E-state index contributed by atoms with van der Waals surface area (Å²) in [6, 6.07) is 3.69. The molecule has 18 heavy (non-hydrogen) atoms. The van der Waals surface area contributed by atoms with Gasteiger partial charge in [-0.25, -0.2) is 0 Å². The quantitative estimate of drug-likeness (QED) is 0.731. The molecule has 1 heterocycles. The Hall–Kier alpha value is -1.20. The lowest BCUT2D eigenvalue weighted by molar-refractivity contribution is -0.121. The van der Waals surface area contributed by atoms with E-state index in [0.29, 0.717) is 25.8 Å². The van der Waals surface area contributed by atoms with Crippen LogP contribution in [-0.2, 0) is 4.79 Å². The molecule has 0 unspecified atom stereocenters. The molecule has 0 aliphatic rings. The van der Waals surface area contributed by atoms with E-state index in [1.165, 1.54) is 11.3 Å². The predicted octanol–water partition coefficient (Wildman–Crippen LogP) is 1.78. The first-order chi connectivity index (χ1) is 8.59. The molecule has 0 aromatic carbocycles. The Kier molecular flexibility index (Phi) is 6.60. The Morgan fingerprint density at radius 2 is 2.11 bits per heavy atom. The van der Waals surface area contributed by atoms with Crippen molar-refractivity contribution in [2.45, 2.75) is 19.3 Å². The Labute approximate surface area is 112 Å². The van der Waals surface area contributed by atoms with Gasteiger partial charge in [0, 0.05) is 25.9 Å². The number of thiophene rings is 1. The van der Waals surface area contributed by atoms with E-state index in [2.05, 4.69) is 5.32 Å². The summed E-state index contributed by atoms with van der Waals surface area (Å²) < 4.78 is 0. The highest BCUT2D eigenvalue weighted by Gasteiger charge is 2.08. The molecule has 0 aliphatic heterocycles. The molecule has 0 saturated heterocycles. The highest BCUT2D eigenvalue weighted by atomic mass is 32.1. The van der Waals surface area contributed by atoms with Gasteiger partial charge in [-0.1, -0.05) is 6.07 Å². The Balaban J connectivity index is 2.10. The third-order valence-corrected chi connectivity index (χ3v) is 3.40. The number of nitrogens with one attached hydrogen (secondary N) is 1. The van der Waals surface area contributed by atoms with E-state index in [1.54, 1.807) is 0 Å². The number of ketones is 1. The first-order valence-corrected chi connectivity index (χ1v) is 6.95. The lowest BCUT2D eigenvalue weighted by Gasteiger charge is -2.10. The minimum Gasteiger partial charge on any atom is -0.355 e. The minimum atomic E-state index is 0.0239. The van der Waals surface area contributed by atoms with E-state index in [1.807, 2.05) is 36.5 Å². The predicted molar refractivity (Wildman–Crippen MR) is 74.1 cm³/mol. The second-order valence-corrected chi connectivity index (χ2v) is 5.35. The fourth-order valence-electron chi connectivity index (χ4n) is 1.48. The van der Waals surface area contributed by atoms with Crippen LogP contribution >= 0.6 is 11.3 Å². The molecule has 0 spiro atoms. The van der Waals surface area contributed by atoms with Crippen molar-refractivity contribution in [3.8, 4) is 0 Å². The molecular formula is C13H20N2O2S. The topological polar surface area (TPSA) is 49.4 Å². The largest absolute Gasteiger partial charge is 0.355 e. The molecule has 0 fully saturated rings. The van der Waals surface area contributed by atoms with E-state index >= 15 is 0 Å². The van der Waals surface area contributed by atoms with Crippen LogP contribution in [0.5, 0.6) is 0 Å². The summed E-state index contributed by atoms with van der Waals surface area (Å²) in [6.07, 6.45) is 1.48. The highest BCUT2D eigenvalue weighted by molar-refractivity contribution is 7.12. The molecule has 1 N–H and O–H groups in total. The zero-order valence-electron chi connectivity index (χ0n) is 10.9. The molecule has 1 rings (SSSR count). The molecule has 100 valence electrons. The third kappa shape index (κ3) is 5.93. The van der Waals surface area contributed by atoms with Gasteiger partial charge in [-0.05, 0) is 32.0 Å². The number of Topliss-reactive ketones (excluding diaryl/α,β-unsaturated/α-hetero) is 1. The minimum absolute atomic E-state index is 0.0239. The average molecular weight is 268 g/mol. The van der Waals surface area contributed by atoms with Crippen molar-refractivity contribution in [1.82, 2.24) is 10.2 Å². The van der Waals surface area contributed by atoms with Crippen molar-refractivity contribution >= 4 is 23.0 Å². The van der Waals surface area contributed by atoms with Crippen molar-refractivity contribution < 1.29 is 9.59 Å². The summed E-state index contributed by atoms with van der Waals surface area (Å²) in [5.41, 5.74) is 0. The third-order valence-electron chi connectivity index (χ3n) is 2.48.